The van der Waals surface area contributed by atoms with Gasteiger partial charge in [0.2, 0.25) is 23.5 Å². The van der Waals surface area contributed by atoms with Gasteiger partial charge in [-0.25, -0.2) is 9.97 Å². The lowest BCUT2D eigenvalue weighted by atomic mass is 10.0. The number of aryl methyl sites for hydroxylation is 2. The lowest BCUT2D eigenvalue weighted by molar-refractivity contribution is -0.117. The number of alkyl halides is 1. The van der Waals surface area contributed by atoms with E-state index in [-0.39, 0.29) is 77.7 Å². The zero-order valence-corrected chi connectivity index (χ0v) is 31.0. The molecular formula is C37H41ClN10O7. The van der Waals surface area contributed by atoms with E-state index in [1.54, 1.807) is 50.5 Å². The molecule has 6 rings (SSSR count). The summed E-state index contributed by atoms with van der Waals surface area (Å²) < 4.78 is 8.78. The second-order valence-corrected chi connectivity index (χ2v) is 13.5. The molecule has 1 unspecified atom stereocenters. The monoisotopic (exact) mass is 772 g/mol. The number of nitrogens with zero attached hydrogens (tertiary/aromatic N) is 5. The second kappa shape index (κ2) is 16.9. The number of rotatable bonds is 15. The average molecular weight is 773 g/mol. The van der Waals surface area contributed by atoms with Crippen molar-refractivity contribution in [2.75, 3.05) is 46.4 Å². The van der Waals surface area contributed by atoms with Crippen molar-refractivity contribution in [3.05, 3.63) is 77.8 Å². The Morgan fingerprint density at radius 3 is 2.27 bits per heavy atom. The number of furan rings is 1. The molecule has 2 aromatic carbocycles. The van der Waals surface area contributed by atoms with Gasteiger partial charge < -0.3 is 50.6 Å². The van der Waals surface area contributed by atoms with Crippen LogP contribution in [0.25, 0.3) is 11.0 Å². The molecule has 0 fully saturated rings. The number of carbonyl (C=O) groups is 5. The first-order valence-electron chi connectivity index (χ1n) is 17.6. The van der Waals surface area contributed by atoms with Crippen molar-refractivity contribution >= 4 is 75.1 Å². The first kappa shape index (κ1) is 38.5. The van der Waals surface area contributed by atoms with Gasteiger partial charge in [-0.05, 0) is 61.7 Å². The second-order valence-electron chi connectivity index (χ2n) is 13.2. The minimum atomic E-state index is -0.594. The van der Waals surface area contributed by atoms with Gasteiger partial charge in [0.15, 0.2) is 17.4 Å². The maximum absolute atomic E-state index is 13.5. The van der Waals surface area contributed by atoms with E-state index in [0.717, 1.165) is 18.4 Å². The highest BCUT2D eigenvalue weighted by molar-refractivity contribution is 6.19. The normalized spacial score (nSPS) is 13.5. The van der Waals surface area contributed by atoms with Crippen molar-refractivity contribution < 1.29 is 33.5 Å². The fourth-order valence-corrected chi connectivity index (χ4v) is 6.51. The molecule has 288 valence electrons. The number of nitrogens with two attached hydrogens (primary N) is 1. The van der Waals surface area contributed by atoms with E-state index in [9.17, 15) is 29.1 Å². The van der Waals surface area contributed by atoms with Crippen molar-refractivity contribution in [2.24, 2.45) is 19.8 Å². The number of fused-ring (bicyclic) bond motifs is 2. The lowest BCUT2D eigenvalue weighted by Gasteiger charge is -2.16. The number of hydrogen-bond donors (Lipinski definition) is 6. The molecule has 1 aliphatic rings. The average Bonchev–Trinajstić information content (AvgIpc) is 3.93. The van der Waals surface area contributed by atoms with E-state index in [1.807, 2.05) is 0 Å². The van der Waals surface area contributed by atoms with Crippen LogP contribution in [0.2, 0.25) is 0 Å². The smallest absolute Gasteiger partial charge is 0.294 e. The summed E-state index contributed by atoms with van der Waals surface area (Å²) in [6.07, 6.45) is 4.82. The first-order valence-corrected chi connectivity index (χ1v) is 18.2. The Hall–Kier alpha value is -6.20. The molecule has 0 radical (unpaired) electrons. The highest BCUT2D eigenvalue weighted by atomic mass is 35.5. The molecule has 5 aromatic rings. The fraction of sp³-hybridized carbons (Fsp3) is 0.324. The molecule has 0 saturated carbocycles. The fourth-order valence-electron chi connectivity index (χ4n) is 6.25. The number of imidazole rings is 2. The van der Waals surface area contributed by atoms with Crippen LogP contribution in [0.15, 0.2) is 59.3 Å². The van der Waals surface area contributed by atoms with Crippen LogP contribution in [0, 0.1) is 0 Å². The molecule has 7 N–H and O–H groups in total. The van der Waals surface area contributed by atoms with Crippen LogP contribution in [0.3, 0.4) is 0 Å². The van der Waals surface area contributed by atoms with Gasteiger partial charge in [-0.1, -0.05) is 6.07 Å². The Balaban J connectivity index is 0.969. The zero-order chi connectivity index (χ0) is 39.2. The van der Waals surface area contributed by atoms with Gasteiger partial charge >= 0.3 is 0 Å². The number of unbranched alkanes of at least 4 members (excludes halogenated alkanes) is 1. The quantitative estimate of drug-likeness (QED) is 0.0660. The maximum atomic E-state index is 13.5. The number of aromatic nitrogens is 4. The number of phenolic OH excluding ortho intramolecular Hbond substituents is 1. The maximum Gasteiger partial charge on any atom is 0.294 e. The predicted octanol–water partition coefficient (Wildman–Crippen LogP) is 4.06. The van der Waals surface area contributed by atoms with Gasteiger partial charge in [0.05, 0.1) is 5.69 Å². The largest absolute Gasteiger partial charge is 0.508 e. The summed E-state index contributed by atoms with van der Waals surface area (Å²) in [5, 5.41) is 21.5. The minimum Gasteiger partial charge on any atom is -0.508 e. The first-order chi connectivity index (χ1) is 26.4. The number of hydrogen-bond acceptors (Lipinski definition) is 10. The molecule has 1 aliphatic heterocycles. The van der Waals surface area contributed by atoms with Gasteiger partial charge in [-0.3, -0.25) is 24.0 Å². The van der Waals surface area contributed by atoms with E-state index in [2.05, 4.69) is 31.2 Å². The Labute approximate surface area is 320 Å². The molecule has 4 heterocycles. The summed E-state index contributed by atoms with van der Waals surface area (Å²) in [7, 11) is 3.23. The zero-order valence-electron chi connectivity index (χ0n) is 30.2. The minimum absolute atomic E-state index is 0.000761. The number of phenols is 1. The molecule has 3 aromatic heterocycles. The number of carbonyl (C=O) groups excluding carboxylic acids is 5. The van der Waals surface area contributed by atoms with E-state index in [4.69, 9.17) is 21.8 Å². The SMILES string of the molecule is Cn1cc(NC(=O)c2nc(NC(=O)CCCC(=O)Nc3ccc4oc(C(=O)N5CC(CCl)c6ccc(O)cc65)cc4c3)cn2C)nc1C(=O)NCCCCN. The lowest BCUT2D eigenvalue weighted by Crippen LogP contribution is -2.29. The molecule has 55 heavy (non-hydrogen) atoms. The number of halogens is 1. The Bertz CT molecular complexity index is 2260. The van der Waals surface area contributed by atoms with E-state index < -0.39 is 11.8 Å². The van der Waals surface area contributed by atoms with Crippen molar-refractivity contribution in [1.82, 2.24) is 24.4 Å². The van der Waals surface area contributed by atoms with E-state index >= 15 is 0 Å². The summed E-state index contributed by atoms with van der Waals surface area (Å²) in [6, 6.07) is 11.5. The van der Waals surface area contributed by atoms with Gasteiger partial charge in [0.1, 0.15) is 11.3 Å². The van der Waals surface area contributed by atoms with Gasteiger partial charge in [0, 0.05) is 81.4 Å². The highest BCUT2D eigenvalue weighted by Crippen LogP contribution is 2.40. The van der Waals surface area contributed by atoms with Gasteiger partial charge in [-0.15, -0.1) is 11.6 Å². The summed E-state index contributed by atoms with van der Waals surface area (Å²) in [5.41, 5.74) is 7.89. The van der Waals surface area contributed by atoms with Crippen molar-refractivity contribution in [1.29, 1.82) is 0 Å². The molecule has 0 spiro atoms. The molecule has 1 atom stereocenters. The standard InChI is InChI=1S/C37H41ClN10O7/c1-46-20-30(44-33(46)35(52)40-13-4-3-12-39)45-36(53)34-43-29(19-47(34)2)42-32(51)7-5-6-31(50)41-23-8-11-27-21(14-23)15-28(55-27)37(54)48-18-22(17-38)25-10-9-24(49)16-26(25)48/h8-11,14-16,19-20,22,49H,3-7,12-13,17-18,39H2,1-2H3,(H,40,52)(H,41,50)(H,42,51)(H,45,53). The topological polar surface area (TPSA) is 232 Å². The van der Waals surface area contributed by atoms with Crippen molar-refractivity contribution in [2.45, 2.75) is 38.0 Å². The Morgan fingerprint density at radius 1 is 0.873 bits per heavy atom. The van der Waals surface area contributed by atoms with E-state index in [0.29, 0.717) is 47.9 Å². The third-order valence-electron chi connectivity index (χ3n) is 8.98. The molecule has 0 saturated heterocycles. The van der Waals surface area contributed by atoms with Crippen molar-refractivity contribution in [3.8, 4) is 5.75 Å². The number of nitrogens with one attached hydrogen (secondary N) is 4. The highest BCUT2D eigenvalue weighted by Gasteiger charge is 2.34. The van der Waals surface area contributed by atoms with Crippen LogP contribution in [-0.2, 0) is 23.7 Å². The predicted molar refractivity (Wildman–Crippen MR) is 206 cm³/mol. The summed E-state index contributed by atoms with van der Waals surface area (Å²) in [4.78, 5) is 74.2. The molecule has 17 nitrogen and oxygen atoms in total. The molecule has 18 heteroatoms. The Morgan fingerprint density at radius 2 is 1.56 bits per heavy atom. The van der Waals surface area contributed by atoms with Crippen molar-refractivity contribution in [3.63, 3.8) is 0 Å². The number of amides is 5. The summed E-state index contributed by atoms with van der Waals surface area (Å²) in [5.74, 6) is -1.24. The molecule has 5 amide bonds. The third kappa shape index (κ3) is 8.96. The molecular weight excluding hydrogens is 732 g/mol. The van der Waals surface area contributed by atoms with E-state index in [1.165, 1.54) is 32.5 Å². The number of benzene rings is 2. The van der Waals surface area contributed by atoms with Crippen LogP contribution in [0.5, 0.6) is 5.75 Å². The van der Waals surface area contributed by atoms with Crippen LogP contribution in [0.1, 0.15) is 75.4 Å². The third-order valence-corrected chi connectivity index (χ3v) is 9.35. The van der Waals surface area contributed by atoms with Crippen LogP contribution in [-0.4, -0.2) is 79.3 Å². The number of anilines is 4. The molecule has 0 aliphatic carbocycles. The molecule has 0 bridgehead atoms. The van der Waals surface area contributed by atoms with Gasteiger partial charge in [-0.2, -0.15) is 0 Å². The van der Waals surface area contributed by atoms with Gasteiger partial charge in [0.25, 0.3) is 17.7 Å². The van der Waals surface area contributed by atoms with Crippen LogP contribution < -0.4 is 31.9 Å². The van der Waals surface area contributed by atoms with Crippen LogP contribution >= 0.6 is 11.6 Å². The summed E-state index contributed by atoms with van der Waals surface area (Å²) >= 11 is 6.15. The van der Waals surface area contributed by atoms with Crippen LogP contribution in [0.4, 0.5) is 23.0 Å². The number of aromatic hydroxyl groups is 1. The Kier molecular flexibility index (Phi) is 11.8. The summed E-state index contributed by atoms with van der Waals surface area (Å²) in [6.45, 7) is 1.34.